The summed E-state index contributed by atoms with van der Waals surface area (Å²) >= 11 is 0. The molecule has 0 spiro atoms. The third kappa shape index (κ3) is 5.40. The molecule has 0 aliphatic heterocycles. The van der Waals surface area contributed by atoms with Gasteiger partial charge in [-0.15, -0.1) is 0 Å². The second-order valence-corrected chi connectivity index (χ2v) is 9.60. The van der Waals surface area contributed by atoms with Crippen LogP contribution in [0.1, 0.15) is 20.3 Å². The summed E-state index contributed by atoms with van der Waals surface area (Å²) in [6.45, 7) is 5.71. The lowest BCUT2D eigenvalue weighted by Gasteiger charge is -2.19. The maximum Gasteiger partial charge on any atom is 0.0961 e. The number of hydrogen-bond donors (Lipinski definition) is 1. The summed E-state index contributed by atoms with van der Waals surface area (Å²) in [5.74, 6) is 0.511. The molecule has 0 atom stereocenters. The Balaban J connectivity index is 3.81. The molecule has 0 rings (SSSR count). The molecule has 0 aromatic carbocycles. The molecule has 11 heavy (non-hydrogen) atoms. The third-order valence-corrected chi connectivity index (χ3v) is 6.64. The van der Waals surface area contributed by atoms with E-state index in [-0.39, 0.29) is 0 Å². The lowest BCUT2D eigenvalue weighted by atomic mass is 10.2. The normalized spacial score (nSPS) is 12.9. The highest BCUT2D eigenvalue weighted by Gasteiger charge is 2.04. The average Bonchev–Trinajstić information content (AvgIpc) is 1.80. The van der Waals surface area contributed by atoms with Crippen LogP contribution in [0.2, 0.25) is 12.6 Å². The zero-order chi connectivity index (χ0) is 9.07. The average molecular weight is 195 g/mol. The fourth-order valence-electron chi connectivity index (χ4n) is 0.621. The molecule has 0 heterocycles. The Hall–Kier alpha value is 0.127. The first kappa shape index (κ1) is 11.1. The summed E-state index contributed by atoms with van der Waals surface area (Å²) in [5.41, 5.74) is 0. The highest BCUT2D eigenvalue weighted by atomic mass is 32.4. The first-order valence-electron chi connectivity index (χ1n) is 3.64. The predicted octanol–water partition coefficient (Wildman–Crippen LogP) is 1.54. The summed E-state index contributed by atoms with van der Waals surface area (Å²) in [6, 6.07) is 0.640. The molecular formula is C6H15O3SSi-. The van der Waals surface area contributed by atoms with Crippen molar-refractivity contribution < 1.29 is 13.0 Å². The van der Waals surface area contributed by atoms with E-state index in [1.165, 1.54) is 0 Å². The van der Waals surface area contributed by atoms with Crippen LogP contribution in [0.4, 0.5) is 0 Å². The molecule has 68 valence electrons. The highest BCUT2D eigenvalue weighted by Crippen LogP contribution is 2.09. The molecule has 0 aromatic rings. The summed E-state index contributed by atoms with van der Waals surface area (Å²) in [7, 11) is -5.27. The van der Waals surface area contributed by atoms with Gasteiger partial charge in [0, 0.05) is 0 Å². The van der Waals surface area contributed by atoms with Crippen molar-refractivity contribution in [1.82, 2.24) is 0 Å². The molecule has 0 radical (unpaired) electrons. The van der Waals surface area contributed by atoms with Crippen molar-refractivity contribution in [2.24, 2.45) is 5.92 Å². The fraction of sp³-hybridized carbons (Fsp3) is 1.00. The Bertz CT molecular complexity index is 198. The molecule has 3 nitrogen and oxygen atoms in total. The summed E-state index contributed by atoms with van der Waals surface area (Å²) in [4.78, 5) is 0. The van der Waals surface area contributed by atoms with Crippen molar-refractivity contribution in [2.75, 3.05) is 0 Å². The van der Waals surface area contributed by atoms with Crippen molar-refractivity contribution >= 4 is 17.5 Å². The van der Waals surface area contributed by atoms with Crippen molar-refractivity contribution in [3.05, 3.63) is 0 Å². The summed E-state index contributed by atoms with van der Waals surface area (Å²) in [5, 5.41) is 0. The molecule has 0 fully saturated rings. The lowest BCUT2D eigenvalue weighted by molar-refractivity contribution is 0.498. The molecule has 0 amide bonds. The maximum absolute atomic E-state index is 10.5. The zero-order valence-corrected chi connectivity index (χ0v) is 8.98. The monoisotopic (exact) mass is 195 g/mol. The third-order valence-electron chi connectivity index (χ3n) is 1.51. The van der Waals surface area contributed by atoms with Gasteiger partial charge in [-0.05, 0) is 5.92 Å². The highest BCUT2D eigenvalue weighted by molar-refractivity contribution is 8.14. The van der Waals surface area contributed by atoms with E-state index in [1.807, 2.05) is 13.8 Å². The van der Waals surface area contributed by atoms with E-state index in [9.17, 15) is 8.42 Å². The molecule has 0 aliphatic carbocycles. The minimum Gasteiger partial charge on any atom is -0.316 e. The fourth-order valence-corrected chi connectivity index (χ4v) is 2.99. The van der Waals surface area contributed by atoms with E-state index >= 15 is 0 Å². The van der Waals surface area contributed by atoms with Gasteiger partial charge in [0.25, 0.3) is 0 Å². The van der Waals surface area contributed by atoms with E-state index in [0.29, 0.717) is 12.0 Å². The van der Waals surface area contributed by atoms with Crippen molar-refractivity contribution in [1.29, 1.82) is 0 Å². The predicted molar refractivity (Wildman–Crippen MR) is 47.4 cm³/mol. The lowest BCUT2D eigenvalue weighted by Crippen LogP contribution is -2.21. The first-order chi connectivity index (χ1) is 4.84. The summed E-state index contributed by atoms with van der Waals surface area (Å²) < 4.78 is 29.7. The van der Waals surface area contributed by atoms with Crippen molar-refractivity contribution in [3.63, 3.8) is 0 Å². The van der Waals surface area contributed by atoms with Gasteiger partial charge in [-0.25, -0.2) is 8.42 Å². The molecule has 0 unspecified atom stereocenters. The Morgan fingerprint density at radius 2 is 1.91 bits per heavy atom. The largest absolute Gasteiger partial charge is 0.316 e. The van der Waals surface area contributed by atoms with E-state index in [0.717, 1.165) is 6.42 Å². The quantitative estimate of drug-likeness (QED) is 0.547. The Morgan fingerprint density at radius 3 is 2.18 bits per heavy atom. The first-order valence-corrected chi connectivity index (χ1v) is 8.01. The van der Waals surface area contributed by atoms with Crippen LogP contribution in [-0.4, -0.2) is 20.9 Å². The number of hydrogen-bond acceptors (Lipinski definition) is 2. The topological polar surface area (TPSA) is 54.4 Å². The van der Waals surface area contributed by atoms with Crippen LogP contribution in [0.5, 0.6) is 0 Å². The van der Waals surface area contributed by atoms with Gasteiger partial charge in [0.05, 0.1) is 9.57 Å². The van der Waals surface area contributed by atoms with Gasteiger partial charge in [0.2, 0.25) is 0 Å². The van der Waals surface area contributed by atoms with Gasteiger partial charge in [-0.3, -0.25) is 0 Å². The molecule has 0 saturated carbocycles. The van der Waals surface area contributed by atoms with Crippen molar-refractivity contribution in [2.45, 2.75) is 32.9 Å². The molecule has 0 aliphatic rings. The molecule has 0 bridgehead atoms. The molecular weight excluding hydrogens is 180 g/mol. The Morgan fingerprint density at radius 1 is 1.45 bits per heavy atom. The minimum atomic E-state index is -3.70. The molecule has 1 N–H and O–H groups in total. The van der Waals surface area contributed by atoms with E-state index < -0.39 is 17.5 Å². The maximum atomic E-state index is 10.5. The van der Waals surface area contributed by atoms with Gasteiger partial charge in [-0.2, -0.15) is 12.6 Å². The Kier molecular flexibility index (Phi) is 4.28. The van der Waals surface area contributed by atoms with E-state index in [1.54, 1.807) is 6.55 Å². The van der Waals surface area contributed by atoms with Crippen LogP contribution in [0.15, 0.2) is 0 Å². The van der Waals surface area contributed by atoms with Gasteiger partial charge < -0.3 is 4.55 Å². The van der Waals surface area contributed by atoms with E-state index in [4.69, 9.17) is 4.55 Å². The van der Waals surface area contributed by atoms with Crippen LogP contribution >= 0.6 is 0 Å². The van der Waals surface area contributed by atoms with Gasteiger partial charge in [-0.1, -0.05) is 28.2 Å². The SMILES string of the molecule is CC(C)CC[Si-](C)S(=O)(=O)O. The van der Waals surface area contributed by atoms with Crippen LogP contribution in [0, 0.1) is 5.92 Å². The smallest absolute Gasteiger partial charge is 0.0961 e. The van der Waals surface area contributed by atoms with Crippen molar-refractivity contribution in [3.8, 4) is 0 Å². The number of rotatable bonds is 4. The molecule has 0 saturated heterocycles. The second kappa shape index (κ2) is 4.23. The van der Waals surface area contributed by atoms with Gasteiger partial charge in [0.1, 0.15) is 0 Å². The van der Waals surface area contributed by atoms with Crippen LogP contribution in [0.3, 0.4) is 0 Å². The van der Waals surface area contributed by atoms with Crippen LogP contribution in [-0.2, 0) is 9.57 Å². The zero-order valence-electron chi connectivity index (χ0n) is 7.16. The molecule has 0 aromatic heterocycles. The van der Waals surface area contributed by atoms with E-state index in [2.05, 4.69) is 0 Å². The minimum absolute atomic E-state index is 0.511. The van der Waals surface area contributed by atoms with Gasteiger partial charge in [0.15, 0.2) is 0 Å². The summed E-state index contributed by atoms with van der Waals surface area (Å²) in [6.07, 6.45) is 0.880. The molecule has 5 heteroatoms. The van der Waals surface area contributed by atoms with Crippen LogP contribution in [0.25, 0.3) is 0 Å². The van der Waals surface area contributed by atoms with Gasteiger partial charge >= 0.3 is 0 Å². The Labute approximate surface area is 69.8 Å². The standard InChI is InChI=1S/C6H15O3SSi/c1-6(2)4-5-11(3)10(7,8)9/h6H,4-5H2,1-3H3,(H,7,8,9)/q-1. The van der Waals surface area contributed by atoms with Crippen LogP contribution < -0.4 is 0 Å². The second-order valence-electron chi connectivity index (χ2n) is 3.11.